The molecular formula is C16H10ClN3OS. The van der Waals surface area contributed by atoms with E-state index in [0.29, 0.717) is 10.7 Å². The molecule has 0 N–H and O–H groups in total. The second kappa shape index (κ2) is 5.12. The molecule has 0 amide bonds. The van der Waals surface area contributed by atoms with Gasteiger partial charge in [0.05, 0.1) is 10.6 Å². The smallest absolute Gasteiger partial charge is 0.298 e. The maximum atomic E-state index is 12.6. The number of halogens is 1. The third kappa shape index (κ3) is 2.15. The predicted molar refractivity (Wildman–Crippen MR) is 89.1 cm³/mol. The van der Waals surface area contributed by atoms with E-state index in [-0.39, 0.29) is 5.56 Å². The van der Waals surface area contributed by atoms with Crippen molar-refractivity contribution in [1.82, 2.24) is 14.0 Å². The van der Waals surface area contributed by atoms with Gasteiger partial charge in [-0.25, -0.2) is 4.98 Å². The van der Waals surface area contributed by atoms with Gasteiger partial charge in [-0.1, -0.05) is 17.7 Å². The molecule has 22 heavy (non-hydrogen) atoms. The second-order valence-electron chi connectivity index (χ2n) is 4.78. The van der Waals surface area contributed by atoms with Crippen molar-refractivity contribution in [3.63, 3.8) is 0 Å². The van der Waals surface area contributed by atoms with Gasteiger partial charge >= 0.3 is 0 Å². The van der Waals surface area contributed by atoms with Crippen LogP contribution in [-0.4, -0.2) is 14.0 Å². The summed E-state index contributed by atoms with van der Waals surface area (Å²) in [7, 11) is 0. The summed E-state index contributed by atoms with van der Waals surface area (Å²) in [6.45, 7) is 0. The largest absolute Gasteiger partial charge is 0.300 e. The molecule has 0 radical (unpaired) electrons. The lowest BCUT2D eigenvalue weighted by Crippen LogP contribution is -2.19. The van der Waals surface area contributed by atoms with Crippen LogP contribution in [-0.2, 0) is 0 Å². The first-order valence-electron chi connectivity index (χ1n) is 6.62. The molecular weight excluding hydrogens is 318 g/mol. The van der Waals surface area contributed by atoms with Crippen LogP contribution in [0.4, 0.5) is 0 Å². The highest BCUT2D eigenvalue weighted by atomic mass is 35.5. The van der Waals surface area contributed by atoms with Crippen LogP contribution >= 0.6 is 22.9 Å². The molecule has 108 valence electrons. The van der Waals surface area contributed by atoms with Gasteiger partial charge in [0.2, 0.25) is 5.65 Å². The second-order valence-corrected chi connectivity index (χ2v) is 6.17. The summed E-state index contributed by atoms with van der Waals surface area (Å²) >= 11 is 7.49. The molecule has 0 unspecified atom stereocenters. The van der Waals surface area contributed by atoms with Crippen molar-refractivity contribution in [2.24, 2.45) is 0 Å². The number of thiophene rings is 1. The van der Waals surface area contributed by atoms with Crippen LogP contribution < -0.4 is 5.56 Å². The number of benzene rings is 1. The van der Waals surface area contributed by atoms with E-state index in [0.717, 1.165) is 16.3 Å². The Hall–Kier alpha value is -2.37. The van der Waals surface area contributed by atoms with Crippen LogP contribution in [0.25, 0.3) is 21.9 Å². The van der Waals surface area contributed by atoms with E-state index >= 15 is 0 Å². The summed E-state index contributed by atoms with van der Waals surface area (Å²) in [4.78, 5) is 18.2. The van der Waals surface area contributed by atoms with Crippen LogP contribution in [0.3, 0.4) is 0 Å². The van der Waals surface area contributed by atoms with E-state index in [9.17, 15) is 4.79 Å². The molecule has 0 aliphatic carbocycles. The molecule has 4 nitrogen and oxygen atoms in total. The number of rotatable bonds is 2. The minimum atomic E-state index is -0.160. The molecule has 0 atom stereocenters. The van der Waals surface area contributed by atoms with Gasteiger partial charge in [-0.3, -0.25) is 9.36 Å². The summed E-state index contributed by atoms with van der Waals surface area (Å²) in [5, 5.41) is 2.63. The van der Waals surface area contributed by atoms with Crippen molar-refractivity contribution in [2.75, 3.05) is 0 Å². The molecule has 1 aromatic carbocycles. The number of hydrogen-bond acceptors (Lipinski definition) is 3. The highest BCUT2D eigenvalue weighted by molar-refractivity contribution is 7.13. The maximum Gasteiger partial charge on any atom is 0.298 e. The fourth-order valence-corrected chi connectivity index (χ4v) is 3.13. The topological polar surface area (TPSA) is 39.3 Å². The standard InChI is InChI=1S/C16H10ClN3OS/c17-11-3-5-12(6-4-11)20-8-7-19-10-13(14-2-1-9-22-14)18-15(19)16(20)21/h1-10H. The van der Waals surface area contributed by atoms with Crippen LogP contribution in [0.5, 0.6) is 0 Å². The lowest BCUT2D eigenvalue weighted by atomic mass is 10.3. The lowest BCUT2D eigenvalue weighted by Gasteiger charge is -2.05. The van der Waals surface area contributed by atoms with E-state index in [1.165, 1.54) is 0 Å². The van der Waals surface area contributed by atoms with Gasteiger partial charge in [-0.05, 0) is 35.7 Å². The quantitative estimate of drug-likeness (QED) is 0.560. The first-order valence-corrected chi connectivity index (χ1v) is 7.88. The Labute approximate surface area is 134 Å². The van der Waals surface area contributed by atoms with Gasteiger partial charge < -0.3 is 4.40 Å². The van der Waals surface area contributed by atoms with Crippen molar-refractivity contribution in [1.29, 1.82) is 0 Å². The van der Waals surface area contributed by atoms with Crippen molar-refractivity contribution in [2.45, 2.75) is 0 Å². The molecule has 4 rings (SSSR count). The van der Waals surface area contributed by atoms with Crippen LogP contribution in [0.1, 0.15) is 0 Å². The summed E-state index contributed by atoms with van der Waals surface area (Å²) in [6, 6.07) is 11.1. The minimum Gasteiger partial charge on any atom is -0.300 e. The molecule has 0 spiro atoms. The molecule has 0 fully saturated rings. The average molecular weight is 328 g/mol. The molecule has 0 saturated heterocycles. The Morgan fingerprint density at radius 2 is 1.91 bits per heavy atom. The molecule has 4 aromatic rings. The summed E-state index contributed by atoms with van der Waals surface area (Å²) < 4.78 is 3.32. The fraction of sp³-hybridized carbons (Fsp3) is 0. The Bertz CT molecular complexity index is 1000. The van der Waals surface area contributed by atoms with E-state index in [4.69, 9.17) is 11.6 Å². The number of nitrogens with zero attached hydrogens (tertiary/aromatic N) is 3. The third-order valence-electron chi connectivity index (χ3n) is 3.40. The van der Waals surface area contributed by atoms with Gasteiger partial charge in [-0.2, -0.15) is 0 Å². The van der Waals surface area contributed by atoms with Crippen LogP contribution in [0, 0.1) is 0 Å². The Morgan fingerprint density at radius 1 is 1.09 bits per heavy atom. The van der Waals surface area contributed by atoms with Gasteiger partial charge in [0.15, 0.2) is 0 Å². The molecule has 0 aliphatic rings. The zero-order valence-corrected chi connectivity index (χ0v) is 12.9. The summed E-state index contributed by atoms with van der Waals surface area (Å²) in [6.07, 6.45) is 5.43. The molecule has 0 aliphatic heterocycles. The van der Waals surface area contributed by atoms with Gasteiger partial charge in [0.25, 0.3) is 5.56 Å². The van der Waals surface area contributed by atoms with Gasteiger partial charge in [0.1, 0.15) is 0 Å². The monoisotopic (exact) mass is 327 g/mol. The fourth-order valence-electron chi connectivity index (χ4n) is 2.33. The van der Waals surface area contributed by atoms with E-state index in [2.05, 4.69) is 4.98 Å². The summed E-state index contributed by atoms with van der Waals surface area (Å²) in [5.74, 6) is 0. The Balaban J connectivity index is 1.90. The minimum absolute atomic E-state index is 0.160. The molecule has 6 heteroatoms. The number of hydrogen-bond donors (Lipinski definition) is 0. The first kappa shape index (κ1) is 13.3. The average Bonchev–Trinajstić information content (AvgIpc) is 3.18. The van der Waals surface area contributed by atoms with Crippen LogP contribution in [0.15, 0.2) is 65.2 Å². The highest BCUT2D eigenvalue weighted by Crippen LogP contribution is 2.23. The number of imidazole rings is 1. The first-order chi connectivity index (χ1) is 10.7. The van der Waals surface area contributed by atoms with Crippen molar-refractivity contribution in [3.8, 4) is 16.3 Å². The normalized spacial score (nSPS) is 11.1. The third-order valence-corrected chi connectivity index (χ3v) is 4.54. The zero-order chi connectivity index (χ0) is 15.1. The molecule has 0 saturated carbocycles. The molecule has 3 aromatic heterocycles. The predicted octanol–water partition coefficient (Wildman–Crippen LogP) is 3.87. The summed E-state index contributed by atoms with van der Waals surface area (Å²) in [5.41, 5.74) is 1.81. The van der Waals surface area contributed by atoms with Crippen molar-refractivity contribution in [3.05, 3.63) is 75.7 Å². The maximum absolute atomic E-state index is 12.6. The number of fused-ring (bicyclic) bond motifs is 1. The lowest BCUT2D eigenvalue weighted by molar-refractivity contribution is 0.950. The van der Waals surface area contributed by atoms with Crippen LogP contribution in [0.2, 0.25) is 5.02 Å². The van der Waals surface area contributed by atoms with E-state index in [1.54, 1.807) is 38.6 Å². The highest BCUT2D eigenvalue weighted by Gasteiger charge is 2.10. The van der Waals surface area contributed by atoms with Crippen molar-refractivity contribution < 1.29 is 0 Å². The van der Waals surface area contributed by atoms with Gasteiger partial charge in [-0.15, -0.1) is 11.3 Å². The molecule has 3 heterocycles. The zero-order valence-electron chi connectivity index (χ0n) is 11.3. The molecule has 0 bridgehead atoms. The Morgan fingerprint density at radius 3 is 2.64 bits per heavy atom. The van der Waals surface area contributed by atoms with Gasteiger partial charge in [0, 0.05) is 29.3 Å². The van der Waals surface area contributed by atoms with E-state index in [1.807, 2.05) is 42.0 Å². The van der Waals surface area contributed by atoms with Crippen molar-refractivity contribution >= 4 is 28.6 Å². The SMILES string of the molecule is O=c1c2nc(-c3cccs3)cn2ccn1-c1ccc(Cl)cc1. The van der Waals surface area contributed by atoms with E-state index < -0.39 is 0 Å². The number of aromatic nitrogens is 3. The Kier molecular flexibility index (Phi) is 3.10.